The Hall–Kier alpha value is -2.00. The Labute approximate surface area is 109 Å². The third kappa shape index (κ3) is 1.93. The Kier molecular flexibility index (Phi) is 2.68. The predicted octanol–water partition coefficient (Wildman–Crippen LogP) is 3.65. The lowest BCUT2D eigenvalue weighted by atomic mass is 10.1. The van der Waals surface area contributed by atoms with Gasteiger partial charge in [0.1, 0.15) is 5.15 Å². The van der Waals surface area contributed by atoms with Crippen LogP contribution >= 0.6 is 11.6 Å². The van der Waals surface area contributed by atoms with E-state index in [0.29, 0.717) is 5.15 Å². The number of pyridine rings is 3. The molecule has 0 radical (unpaired) electrons. The standard InChI is InChI=1S/C14H10ClN3/c1-9-6-11(3-4-16-9)13-7-10-2-5-17-14(15)12(10)8-18-13/h2-8H,1H3. The number of hydrogen-bond acceptors (Lipinski definition) is 3. The zero-order chi connectivity index (χ0) is 12.5. The number of fused-ring (bicyclic) bond motifs is 1. The minimum absolute atomic E-state index is 0.484. The van der Waals surface area contributed by atoms with Crippen molar-refractivity contribution < 1.29 is 0 Å². The smallest absolute Gasteiger partial charge is 0.138 e. The van der Waals surface area contributed by atoms with Crippen LogP contribution in [0.3, 0.4) is 0 Å². The number of aryl methyl sites for hydroxylation is 1. The summed E-state index contributed by atoms with van der Waals surface area (Å²) in [7, 11) is 0. The number of nitrogens with zero attached hydrogens (tertiary/aromatic N) is 3. The Morgan fingerprint density at radius 3 is 2.67 bits per heavy atom. The summed E-state index contributed by atoms with van der Waals surface area (Å²) < 4.78 is 0. The van der Waals surface area contributed by atoms with Gasteiger partial charge in [0, 0.05) is 35.2 Å². The average Bonchev–Trinajstić information content (AvgIpc) is 2.39. The summed E-state index contributed by atoms with van der Waals surface area (Å²) in [5.74, 6) is 0. The van der Waals surface area contributed by atoms with Crippen LogP contribution < -0.4 is 0 Å². The first-order chi connectivity index (χ1) is 8.74. The van der Waals surface area contributed by atoms with Gasteiger partial charge in [-0.25, -0.2) is 4.98 Å². The molecular weight excluding hydrogens is 246 g/mol. The molecule has 0 saturated heterocycles. The fourth-order valence-corrected chi connectivity index (χ4v) is 2.11. The summed E-state index contributed by atoms with van der Waals surface area (Å²) in [4.78, 5) is 12.6. The highest BCUT2D eigenvalue weighted by Crippen LogP contribution is 2.25. The molecule has 3 heterocycles. The van der Waals surface area contributed by atoms with Crippen LogP contribution in [0.5, 0.6) is 0 Å². The Morgan fingerprint density at radius 1 is 1.00 bits per heavy atom. The van der Waals surface area contributed by atoms with Gasteiger partial charge in [-0.15, -0.1) is 0 Å². The largest absolute Gasteiger partial charge is 0.262 e. The van der Waals surface area contributed by atoms with Crippen LogP contribution in [0.4, 0.5) is 0 Å². The van der Waals surface area contributed by atoms with Crippen LogP contribution in [-0.2, 0) is 0 Å². The zero-order valence-electron chi connectivity index (χ0n) is 9.76. The van der Waals surface area contributed by atoms with Crippen LogP contribution in [0.1, 0.15) is 5.69 Å². The Morgan fingerprint density at radius 2 is 1.83 bits per heavy atom. The molecule has 3 aromatic rings. The molecule has 0 amide bonds. The summed E-state index contributed by atoms with van der Waals surface area (Å²) in [6.45, 7) is 1.96. The molecule has 0 spiro atoms. The van der Waals surface area contributed by atoms with Gasteiger partial charge >= 0.3 is 0 Å². The first kappa shape index (κ1) is 11.1. The molecule has 3 aromatic heterocycles. The maximum absolute atomic E-state index is 6.02. The average molecular weight is 256 g/mol. The minimum atomic E-state index is 0.484. The highest BCUT2D eigenvalue weighted by molar-refractivity contribution is 6.34. The van der Waals surface area contributed by atoms with Gasteiger partial charge in [-0.1, -0.05) is 11.6 Å². The number of rotatable bonds is 1. The minimum Gasteiger partial charge on any atom is -0.262 e. The summed E-state index contributed by atoms with van der Waals surface area (Å²) in [5.41, 5.74) is 2.94. The first-order valence-corrected chi connectivity index (χ1v) is 5.95. The van der Waals surface area contributed by atoms with E-state index in [4.69, 9.17) is 11.6 Å². The number of halogens is 1. The van der Waals surface area contributed by atoms with E-state index in [1.165, 1.54) is 0 Å². The van der Waals surface area contributed by atoms with Crippen LogP contribution in [0.2, 0.25) is 5.15 Å². The third-order valence-electron chi connectivity index (χ3n) is 2.79. The second-order valence-corrected chi connectivity index (χ2v) is 4.44. The van der Waals surface area contributed by atoms with Crippen molar-refractivity contribution in [1.29, 1.82) is 0 Å². The fourth-order valence-electron chi connectivity index (χ4n) is 1.90. The van der Waals surface area contributed by atoms with Gasteiger partial charge < -0.3 is 0 Å². The van der Waals surface area contributed by atoms with Gasteiger partial charge in [-0.3, -0.25) is 9.97 Å². The fraction of sp³-hybridized carbons (Fsp3) is 0.0714. The maximum Gasteiger partial charge on any atom is 0.138 e. The normalized spacial score (nSPS) is 10.8. The Bertz CT molecular complexity index is 725. The van der Waals surface area contributed by atoms with Crippen molar-refractivity contribution in [3.8, 4) is 11.3 Å². The van der Waals surface area contributed by atoms with Gasteiger partial charge in [0.15, 0.2) is 0 Å². The van der Waals surface area contributed by atoms with Crippen molar-refractivity contribution in [3.05, 3.63) is 53.7 Å². The zero-order valence-corrected chi connectivity index (χ0v) is 10.5. The summed E-state index contributed by atoms with van der Waals surface area (Å²) >= 11 is 6.02. The maximum atomic E-state index is 6.02. The van der Waals surface area contributed by atoms with E-state index in [0.717, 1.165) is 27.7 Å². The predicted molar refractivity (Wildman–Crippen MR) is 72.5 cm³/mol. The number of aromatic nitrogens is 3. The highest BCUT2D eigenvalue weighted by Gasteiger charge is 2.04. The quantitative estimate of drug-likeness (QED) is 0.623. The first-order valence-electron chi connectivity index (χ1n) is 5.57. The second kappa shape index (κ2) is 4.35. The molecule has 0 unspecified atom stereocenters. The van der Waals surface area contributed by atoms with Crippen LogP contribution in [-0.4, -0.2) is 15.0 Å². The van der Waals surface area contributed by atoms with E-state index < -0.39 is 0 Å². The van der Waals surface area contributed by atoms with E-state index in [2.05, 4.69) is 15.0 Å². The molecular formula is C14H10ClN3. The summed E-state index contributed by atoms with van der Waals surface area (Å²) in [5, 5.41) is 2.39. The molecule has 0 bridgehead atoms. The van der Waals surface area contributed by atoms with E-state index in [1.54, 1.807) is 18.6 Å². The third-order valence-corrected chi connectivity index (χ3v) is 3.09. The van der Waals surface area contributed by atoms with Gasteiger partial charge in [-0.2, -0.15) is 0 Å². The van der Waals surface area contributed by atoms with Crippen LogP contribution in [0, 0.1) is 6.92 Å². The van der Waals surface area contributed by atoms with Gasteiger partial charge in [0.2, 0.25) is 0 Å². The van der Waals surface area contributed by atoms with E-state index in [-0.39, 0.29) is 0 Å². The molecule has 0 aliphatic heterocycles. The van der Waals surface area contributed by atoms with Crippen molar-refractivity contribution in [2.24, 2.45) is 0 Å². The molecule has 0 aliphatic carbocycles. The van der Waals surface area contributed by atoms with Crippen LogP contribution in [0.15, 0.2) is 42.9 Å². The lowest BCUT2D eigenvalue weighted by Gasteiger charge is -2.04. The molecule has 3 nitrogen and oxygen atoms in total. The van der Waals surface area contributed by atoms with E-state index in [1.807, 2.05) is 31.2 Å². The molecule has 3 rings (SSSR count). The monoisotopic (exact) mass is 255 g/mol. The molecule has 0 saturated carbocycles. The molecule has 88 valence electrons. The van der Waals surface area contributed by atoms with E-state index >= 15 is 0 Å². The molecule has 0 fully saturated rings. The second-order valence-electron chi connectivity index (χ2n) is 4.08. The van der Waals surface area contributed by atoms with Gasteiger partial charge in [0.05, 0.1) is 5.69 Å². The van der Waals surface area contributed by atoms with Crippen molar-refractivity contribution in [3.63, 3.8) is 0 Å². The van der Waals surface area contributed by atoms with Crippen molar-refractivity contribution in [2.45, 2.75) is 6.92 Å². The van der Waals surface area contributed by atoms with Gasteiger partial charge in [-0.05, 0) is 36.6 Å². The van der Waals surface area contributed by atoms with E-state index in [9.17, 15) is 0 Å². The SMILES string of the molecule is Cc1cc(-c2cc3ccnc(Cl)c3cn2)ccn1. The highest BCUT2D eigenvalue weighted by atomic mass is 35.5. The molecule has 18 heavy (non-hydrogen) atoms. The lowest BCUT2D eigenvalue weighted by molar-refractivity contribution is 1.19. The van der Waals surface area contributed by atoms with Crippen molar-refractivity contribution in [1.82, 2.24) is 15.0 Å². The van der Waals surface area contributed by atoms with Crippen LogP contribution in [0.25, 0.3) is 22.0 Å². The van der Waals surface area contributed by atoms with Crippen molar-refractivity contribution >= 4 is 22.4 Å². The summed E-state index contributed by atoms with van der Waals surface area (Å²) in [6, 6.07) is 7.90. The molecule has 0 atom stereocenters. The lowest BCUT2D eigenvalue weighted by Crippen LogP contribution is -1.88. The molecule has 0 aliphatic rings. The van der Waals surface area contributed by atoms with Gasteiger partial charge in [0.25, 0.3) is 0 Å². The molecule has 0 N–H and O–H groups in total. The van der Waals surface area contributed by atoms with Crippen molar-refractivity contribution in [2.75, 3.05) is 0 Å². The summed E-state index contributed by atoms with van der Waals surface area (Å²) in [6.07, 6.45) is 5.25. The molecule has 4 heteroatoms. The topological polar surface area (TPSA) is 38.7 Å². The molecule has 0 aromatic carbocycles. The Balaban J connectivity index is 2.20. The number of hydrogen-bond donors (Lipinski definition) is 0.